The molecule has 3 aromatic heterocycles. The standard InChI is InChI=1S/C18H17N7O3/c1-28-16(26)12-2-3-14-15(21-12)25(10-5-7-24(14)9-10)18(27)23-17-20-8-13-11(22-17)4-6-19-13/h2-4,6,8,10,19H,5,7,9H2,1H3,(H,20,22,23,27). The number of pyridine rings is 1. The maximum atomic E-state index is 13.1. The molecule has 2 amide bonds. The Morgan fingerprint density at radius 1 is 1.29 bits per heavy atom. The first-order valence-electron chi connectivity index (χ1n) is 8.88. The zero-order chi connectivity index (χ0) is 19.3. The summed E-state index contributed by atoms with van der Waals surface area (Å²) in [7, 11) is 1.30. The maximum Gasteiger partial charge on any atom is 0.356 e. The lowest BCUT2D eigenvalue weighted by Gasteiger charge is -2.35. The van der Waals surface area contributed by atoms with Gasteiger partial charge in [0, 0.05) is 19.3 Å². The van der Waals surface area contributed by atoms with Gasteiger partial charge in [-0.1, -0.05) is 0 Å². The van der Waals surface area contributed by atoms with Gasteiger partial charge in [0.05, 0.1) is 36.1 Å². The summed E-state index contributed by atoms with van der Waals surface area (Å²) in [5, 5.41) is 2.76. The fraction of sp³-hybridized carbons (Fsp3) is 0.278. The van der Waals surface area contributed by atoms with Crippen molar-refractivity contribution >= 4 is 40.5 Å². The smallest absolute Gasteiger partial charge is 0.356 e. The van der Waals surface area contributed by atoms with Gasteiger partial charge in [0.15, 0.2) is 11.5 Å². The highest BCUT2D eigenvalue weighted by molar-refractivity contribution is 6.04. The molecule has 1 unspecified atom stereocenters. The highest BCUT2D eigenvalue weighted by Crippen LogP contribution is 2.39. The van der Waals surface area contributed by atoms with Crippen LogP contribution < -0.4 is 15.1 Å². The van der Waals surface area contributed by atoms with Crippen molar-refractivity contribution in [1.82, 2.24) is 19.9 Å². The number of aromatic amines is 1. The third-order valence-electron chi connectivity index (χ3n) is 5.08. The average Bonchev–Trinajstić information content (AvgIpc) is 3.34. The minimum atomic E-state index is -0.544. The van der Waals surface area contributed by atoms with E-state index in [0.717, 1.165) is 30.7 Å². The van der Waals surface area contributed by atoms with Crippen molar-refractivity contribution in [2.75, 3.05) is 35.3 Å². The van der Waals surface area contributed by atoms with Gasteiger partial charge in [-0.05, 0) is 24.6 Å². The Hall–Kier alpha value is -3.69. The van der Waals surface area contributed by atoms with Crippen LogP contribution in [0.5, 0.6) is 0 Å². The summed E-state index contributed by atoms with van der Waals surface area (Å²) in [6.07, 6.45) is 4.19. The maximum absolute atomic E-state index is 13.1. The number of ether oxygens (including phenoxy) is 1. The Bertz CT molecular complexity index is 1100. The molecule has 28 heavy (non-hydrogen) atoms. The first-order valence-corrected chi connectivity index (χ1v) is 8.88. The molecule has 5 rings (SSSR count). The Morgan fingerprint density at radius 2 is 2.18 bits per heavy atom. The third-order valence-corrected chi connectivity index (χ3v) is 5.08. The van der Waals surface area contributed by atoms with E-state index in [1.165, 1.54) is 7.11 Å². The molecule has 2 aliphatic heterocycles. The van der Waals surface area contributed by atoms with E-state index in [2.05, 4.69) is 30.2 Å². The molecular weight excluding hydrogens is 362 g/mol. The zero-order valence-corrected chi connectivity index (χ0v) is 15.0. The Balaban J connectivity index is 1.50. The van der Waals surface area contributed by atoms with Gasteiger partial charge in [-0.2, -0.15) is 0 Å². The fourth-order valence-corrected chi connectivity index (χ4v) is 3.75. The average molecular weight is 379 g/mol. The fourth-order valence-electron chi connectivity index (χ4n) is 3.75. The molecule has 0 saturated carbocycles. The number of H-pyrrole nitrogens is 1. The molecule has 0 aliphatic carbocycles. The van der Waals surface area contributed by atoms with Crippen molar-refractivity contribution in [3.05, 3.63) is 36.3 Å². The number of nitrogens with one attached hydrogen (secondary N) is 2. The molecule has 0 radical (unpaired) electrons. The van der Waals surface area contributed by atoms with Gasteiger partial charge in [0.2, 0.25) is 5.95 Å². The van der Waals surface area contributed by atoms with Gasteiger partial charge >= 0.3 is 12.0 Å². The number of nitrogens with zero attached hydrogens (tertiary/aromatic N) is 5. The number of carbonyl (C=O) groups is 2. The normalized spacial score (nSPS) is 17.5. The first-order chi connectivity index (χ1) is 13.6. The number of carbonyl (C=O) groups excluding carboxylic acids is 2. The summed E-state index contributed by atoms with van der Waals surface area (Å²) in [6.45, 7) is 1.55. The summed E-state index contributed by atoms with van der Waals surface area (Å²) in [5.74, 6) is 0.109. The van der Waals surface area contributed by atoms with Crippen LogP contribution in [0.4, 0.5) is 22.2 Å². The van der Waals surface area contributed by atoms with Gasteiger partial charge in [0.25, 0.3) is 0 Å². The van der Waals surface area contributed by atoms with Crippen LogP contribution in [0.1, 0.15) is 16.9 Å². The number of aromatic nitrogens is 4. The molecule has 142 valence electrons. The zero-order valence-electron chi connectivity index (χ0n) is 15.0. The Labute approximate surface area is 159 Å². The third kappa shape index (κ3) is 2.53. The van der Waals surface area contributed by atoms with E-state index in [9.17, 15) is 9.59 Å². The Morgan fingerprint density at radius 3 is 3.04 bits per heavy atom. The monoisotopic (exact) mass is 379 g/mol. The van der Waals surface area contributed by atoms with Gasteiger partial charge in [-0.15, -0.1) is 0 Å². The molecule has 10 heteroatoms. The second-order valence-corrected chi connectivity index (χ2v) is 6.69. The van der Waals surface area contributed by atoms with E-state index in [1.807, 2.05) is 6.07 Å². The van der Waals surface area contributed by atoms with Crippen LogP contribution in [0.3, 0.4) is 0 Å². The van der Waals surface area contributed by atoms with Crippen molar-refractivity contribution in [2.45, 2.75) is 12.5 Å². The van der Waals surface area contributed by atoms with E-state index < -0.39 is 5.97 Å². The van der Waals surface area contributed by atoms with Gasteiger partial charge in [0.1, 0.15) is 0 Å². The SMILES string of the molecule is COC(=O)c1ccc2c(n1)N(C(=O)Nc1ncc3[nH]ccc3n1)C1CCN2C1. The van der Waals surface area contributed by atoms with E-state index in [0.29, 0.717) is 11.3 Å². The summed E-state index contributed by atoms with van der Waals surface area (Å²) in [6, 6.07) is 4.81. The quantitative estimate of drug-likeness (QED) is 0.652. The molecule has 3 aromatic rings. The molecule has 0 aromatic carbocycles. The molecule has 2 N–H and O–H groups in total. The van der Waals surface area contributed by atoms with Crippen molar-refractivity contribution in [2.24, 2.45) is 0 Å². The van der Waals surface area contributed by atoms with Crippen LogP contribution in [-0.4, -0.2) is 58.2 Å². The number of fused-ring (bicyclic) bond motifs is 5. The van der Waals surface area contributed by atoms with Crippen molar-refractivity contribution in [3.8, 4) is 0 Å². The van der Waals surface area contributed by atoms with Gasteiger partial charge < -0.3 is 14.6 Å². The summed E-state index contributed by atoms with van der Waals surface area (Å²) in [4.78, 5) is 44.7. The molecule has 1 fully saturated rings. The van der Waals surface area contributed by atoms with Crippen LogP contribution >= 0.6 is 0 Å². The van der Waals surface area contributed by atoms with Gasteiger partial charge in [-0.3, -0.25) is 10.2 Å². The number of amides is 2. The summed E-state index contributed by atoms with van der Waals surface area (Å²) >= 11 is 0. The van der Waals surface area contributed by atoms with Crippen molar-refractivity contribution in [1.29, 1.82) is 0 Å². The Kier molecular flexibility index (Phi) is 3.64. The van der Waals surface area contributed by atoms with E-state index in [1.54, 1.807) is 29.4 Å². The first kappa shape index (κ1) is 16.5. The van der Waals surface area contributed by atoms with Crippen LogP contribution in [0, 0.1) is 0 Å². The largest absolute Gasteiger partial charge is 0.464 e. The molecule has 0 spiro atoms. The van der Waals surface area contributed by atoms with Crippen LogP contribution in [0.25, 0.3) is 11.0 Å². The van der Waals surface area contributed by atoms with Crippen LogP contribution in [0.2, 0.25) is 0 Å². The molecular formula is C18H17N7O3. The number of hydrogen-bond acceptors (Lipinski definition) is 7. The van der Waals surface area contributed by atoms with Crippen molar-refractivity contribution in [3.63, 3.8) is 0 Å². The summed E-state index contributed by atoms with van der Waals surface area (Å²) < 4.78 is 4.76. The second-order valence-electron chi connectivity index (χ2n) is 6.69. The highest BCUT2D eigenvalue weighted by Gasteiger charge is 2.40. The lowest BCUT2D eigenvalue weighted by Crippen LogP contribution is -2.48. The van der Waals surface area contributed by atoms with Crippen LogP contribution in [0.15, 0.2) is 30.6 Å². The molecule has 1 saturated heterocycles. The number of urea groups is 1. The topological polar surface area (TPSA) is 116 Å². The van der Waals surface area contributed by atoms with Crippen LogP contribution in [-0.2, 0) is 4.74 Å². The number of methoxy groups -OCH3 is 1. The molecule has 10 nitrogen and oxygen atoms in total. The van der Waals surface area contributed by atoms with Crippen molar-refractivity contribution < 1.29 is 14.3 Å². The number of anilines is 3. The predicted molar refractivity (Wildman–Crippen MR) is 102 cm³/mol. The summed E-state index contributed by atoms with van der Waals surface area (Å²) in [5.41, 5.74) is 2.48. The van der Waals surface area contributed by atoms with Gasteiger partial charge in [-0.25, -0.2) is 24.5 Å². The predicted octanol–water partition coefficient (Wildman–Crippen LogP) is 1.77. The van der Waals surface area contributed by atoms with E-state index in [-0.39, 0.29) is 23.7 Å². The van der Waals surface area contributed by atoms with E-state index >= 15 is 0 Å². The molecule has 2 aliphatic rings. The number of hydrogen-bond donors (Lipinski definition) is 2. The molecule has 1 atom stereocenters. The molecule has 2 bridgehead atoms. The minimum Gasteiger partial charge on any atom is -0.464 e. The number of esters is 1. The molecule has 5 heterocycles. The second kappa shape index (κ2) is 6.19. The van der Waals surface area contributed by atoms with E-state index in [4.69, 9.17) is 4.74 Å². The lowest BCUT2D eigenvalue weighted by molar-refractivity contribution is 0.0594. The minimum absolute atomic E-state index is 0.0381. The number of rotatable bonds is 2. The highest BCUT2D eigenvalue weighted by atomic mass is 16.5. The lowest BCUT2D eigenvalue weighted by atomic mass is 10.2.